The van der Waals surface area contributed by atoms with Gasteiger partial charge >= 0.3 is 0 Å². The van der Waals surface area contributed by atoms with Gasteiger partial charge in [0, 0.05) is 18.1 Å². The van der Waals surface area contributed by atoms with Crippen molar-refractivity contribution in [2.75, 3.05) is 19.5 Å². The molecule has 0 radical (unpaired) electrons. The number of fused-ring (bicyclic) bond motifs is 1. The lowest BCUT2D eigenvalue weighted by molar-refractivity contribution is 0.0963. The van der Waals surface area contributed by atoms with Crippen LogP contribution in [-0.4, -0.2) is 31.0 Å². The molecule has 2 N–H and O–H groups in total. The third kappa shape index (κ3) is 3.35. The number of hydrogen-bond donors (Lipinski definition) is 2. The van der Waals surface area contributed by atoms with Crippen LogP contribution in [0.25, 0.3) is 10.9 Å². The molecule has 0 aliphatic carbocycles. The predicted molar refractivity (Wildman–Crippen MR) is 101 cm³/mol. The molecule has 0 atom stereocenters. The third-order valence-corrected chi connectivity index (χ3v) is 4.04. The van der Waals surface area contributed by atoms with E-state index in [1.165, 1.54) is 14.2 Å². The Balaban J connectivity index is 2.02. The Morgan fingerprint density at radius 2 is 1.77 bits per heavy atom. The van der Waals surface area contributed by atoms with E-state index >= 15 is 0 Å². The van der Waals surface area contributed by atoms with Crippen molar-refractivity contribution in [2.24, 2.45) is 0 Å². The summed E-state index contributed by atoms with van der Waals surface area (Å²) in [6, 6.07) is 14.1. The van der Waals surface area contributed by atoms with E-state index in [2.05, 4.69) is 15.6 Å². The minimum atomic E-state index is -0.310. The molecule has 0 unspecified atom stereocenters. The summed E-state index contributed by atoms with van der Waals surface area (Å²) in [6.07, 6.45) is 0. The van der Waals surface area contributed by atoms with Crippen LogP contribution in [-0.2, 0) is 0 Å². The number of ether oxygens (including phenoxy) is 1. The summed E-state index contributed by atoms with van der Waals surface area (Å²) in [7, 11) is 3.06. The number of methoxy groups -OCH3 is 1. The topological polar surface area (TPSA) is 80.3 Å². The highest BCUT2D eigenvalue weighted by molar-refractivity contribution is 6.14. The first kappa shape index (κ1) is 17.4. The largest absolute Gasteiger partial charge is 0.497 e. The Morgan fingerprint density at radius 1 is 1.00 bits per heavy atom. The van der Waals surface area contributed by atoms with Crippen molar-refractivity contribution < 1.29 is 14.3 Å². The first-order valence-electron chi connectivity index (χ1n) is 8.11. The van der Waals surface area contributed by atoms with Crippen LogP contribution in [0.5, 0.6) is 5.75 Å². The minimum absolute atomic E-state index is 0.304. The van der Waals surface area contributed by atoms with Crippen LogP contribution >= 0.6 is 0 Å². The van der Waals surface area contributed by atoms with Crippen LogP contribution in [0.1, 0.15) is 26.4 Å². The molecule has 3 aromatic rings. The van der Waals surface area contributed by atoms with Crippen molar-refractivity contribution in [3.05, 3.63) is 65.4 Å². The van der Waals surface area contributed by atoms with Gasteiger partial charge in [-0.1, -0.05) is 18.2 Å². The van der Waals surface area contributed by atoms with Crippen molar-refractivity contribution in [3.63, 3.8) is 0 Å². The fraction of sp³-hybridized carbons (Fsp3) is 0.150. The van der Waals surface area contributed by atoms with E-state index in [0.29, 0.717) is 22.6 Å². The smallest absolute Gasteiger partial charge is 0.256 e. The van der Waals surface area contributed by atoms with Gasteiger partial charge in [0.2, 0.25) is 0 Å². The van der Waals surface area contributed by atoms with Gasteiger partial charge in [0.25, 0.3) is 11.8 Å². The molecule has 1 heterocycles. The number of rotatable bonds is 4. The fourth-order valence-electron chi connectivity index (χ4n) is 2.77. The molecule has 3 rings (SSSR count). The molecule has 2 amide bonds. The molecular formula is C20H19N3O3. The van der Waals surface area contributed by atoms with E-state index < -0.39 is 0 Å². The Kier molecular flexibility index (Phi) is 4.84. The molecule has 2 aromatic carbocycles. The number of benzene rings is 2. The van der Waals surface area contributed by atoms with Crippen LogP contribution in [0, 0.1) is 6.92 Å². The van der Waals surface area contributed by atoms with Crippen molar-refractivity contribution in [1.82, 2.24) is 10.3 Å². The molecule has 6 nitrogen and oxygen atoms in total. The zero-order valence-electron chi connectivity index (χ0n) is 14.8. The second-order valence-corrected chi connectivity index (χ2v) is 5.77. The lowest BCUT2D eigenvalue weighted by Gasteiger charge is -2.13. The van der Waals surface area contributed by atoms with Crippen LogP contribution in [0.2, 0.25) is 0 Å². The Bertz CT molecular complexity index is 999. The highest BCUT2D eigenvalue weighted by Crippen LogP contribution is 2.24. The maximum Gasteiger partial charge on any atom is 0.256 e. The molecule has 0 saturated carbocycles. The number of para-hydroxylation sites is 1. The molecule has 6 heteroatoms. The number of amides is 2. The average molecular weight is 349 g/mol. The lowest BCUT2D eigenvalue weighted by Crippen LogP contribution is -2.22. The SMILES string of the molecule is CNC(=O)c1cc(OC)ccc1NC(=O)c1cc(C)nc2ccccc12. The molecular weight excluding hydrogens is 330 g/mol. The highest BCUT2D eigenvalue weighted by atomic mass is 16.5. The van der Waals surface area contributed by atoms with Gasteiger partial charge in [0.1, 0.15) is 5.75 Å². The van der Waals surface area contributed by atoms with Gasteiger partial charge in [0.15, 0.2) is 0 Å². The molecule has 0 aliphatic rings. The molecule has 0 fully saturated rings. The zero-order valence-corrected chi connectivity index (χ0v) is 14.8. The molecule has 0 saturated heterocycles. The maximum absolute atomic E-state index is 12.9. The number of pyridine rings is 1. The van der Waals surface area contributed by atoms with Crippen molar-refractivity contribution >= 4 is 28.4 Å². The Labute approximate surface area is 151 Å². The molecule has 0 spiro atoms. The third-order valence-electron chi connectivity index (χ3n) is 4.04. The second kappa shape index (κ2) is 7.23. The Hall–Kier alpha value is -3.41. The van der Waals surface area contributed by atoms with Gasteiger partial charge in [-0.05, 0) is 37.3 Å². The van der Waals surface area contributed by atoms with Gasteiger partial charge in [0.05, 0.1) is 29.4 Å². The number of nitrogens with one attached hydrogen (secondary N) is 2. The van der Waals surface area contributed by atoms with Gasteiger partial charge < -0.3 is 15.4 Å². The molecule has 1 aromatic heterocycles. The fourth-order valence-corrected chi connectivity index (χ4v) is 2.77. The van der Waals surface area contributed by atoms with Gasteiger partial charge in [-0.2, -0.15) is 0 Å². The van der Waals surface area contributed by atoms with E-state index in [0.717, 1.165) is 16.6 Å². The van der Waals surface area contributed by atoms with E-state index in [-0.39, 0.29) is 11.8 Å². The normalized spacial score (nSPS) is 10.4. The summed E-state index contributed by atoms with van der Waals surface area (Å²) in [5.41, 5.74) is 2.74. The highest BCUT2D eigenvalue weighted by Gasteiger charge is 2.17. The van der Waals surface area contributed by atoms with Crippen LogP contribution in [0.15, 0.2) is 48.5 Å². The number of aryl methyl sites for hydroxylation is 1. The number of carbonyl (C=O) groups is 2. The van der Waals surface area contributed by atoms with Crippen LogP contribution < -0.4 is 15.4 Å². The standard InChI is InChI=1S/C20H19N3O3/c1-12-10-15(14-6-4-5-7-17(14)22-12)20(25)23-18-9-8-13(26-3)11-16(18)19(24)21-2/h4-11H,1-3H3,(H,21,24)(H,23,25). The van der Waals surface area contributed by atoms with Gasteiger partial charge in [-0.3, -0.25) is 14.6 Å². The average Bonchev–Trinajstić information content (AvgIpc) is 2.66. The number of nitrogens with zero attached hydrogens (tertiary/aromatic N) is 1. The summed E-state index contributed by atoms with van der Waals surface area (Å²) >= 11 is 0. The zero-order chi connectivity index (χ0) is 18.7. The van der Waals surface area contributed by atoms with E-state index in [4.69, 9.17) is 4.74 Å². The predicted octanol–water partition coefficient (Wildman–Crippen LogP) is 3.16. The van der Waals surface area contributed by atoms with Gasteiger partial charge in [-0.25, -0.2) is 0 Å². The number of anilines is 1. The van der Waals surface area contributed by atoms with Crippen molar-refractivity contribution in [2.45, 2.75) is 6.92 Å². The number of aromatic nitrogens is 1. The van der Waals surface area contributed by atoms with Crippen molar-refractivity contribution in [1.29, 1.82) is 0 Å². The van der Waals surface area contributed by atoms with E-state index in [1.54, 1.807) is 24.3 Å². The Morgan fingerprint density at radius 3 is 2.50 bits per heavy atom. The number of carbonyl (C=O) groups excluding carboxylic acids is 2. The summed E-state index contributed by atoms with van der Waals surface area (Å²) in [6.45, 7) is 1.84. The molecule has 0 aliphatic heterocycles. The molecule has 26 heavy (non-hydrogen) atoms. The molecule has 0 bridgehead atoms. The molecule has 132 valence electrons. The van der Waals surface area contributed by atoms with E-state index in [1.807, 2.05) is 31.2 Å². The van der Waals surface area contributed by atoms with Crippen molar-refractivity contribution in [3.8, 4) is 5.75 Å². The monoisotopic (exact) mass is 349 g/mol. The summed E-state index contributed by atoms with van der Waals surface area (Å²) in [5, 5.41) is 6.15. The van der Waals surface area contributed by atoms with Crippen LogP contribution in [0.3, 0.4) is 0 Å². The minimum Gasteiger partial charge on any atom is -0.497 e. The first-order valence-corrected chi connectivity index (χ1v) is 8.11. The lowest BCUT2D eigenvalue weighted by atomic mass is 10.1. The first-order chi connectivity index (χ1) is 12.5. The second-order valence-electron chi connectivity index (χ2n) is 5.77. The summed E-state index contributed by atoms with van der Waals surface area (Å²) in [4.78, 5) is 29.5. The van der Waals surface area contributed by atoms with Gasteiger partial charge in [-0.15, -0.1) is 0 Å². The van der Waals surface area contributed by atoms with E-state index in [9.17, 15) is 9.59 Å². The summed E-state index contributed by atoms with van der Waals surface area (Å²) < 4.78 is 5.17. The maximum atomic E-state index is 12.9. The van der Waals surface area contributed by atoms with Crippen LogP contribution in [0.4, 0.5) is 5.69 Å². The summed E-state index contributed by atoms with van der Waals surface area (Å²) in [5.74, 6) is -0.0798. The quantitative estimate of drug-likeness (QED) is 0.758. The number of hydrogen-bond acceptors (Lipinski definition) is 4.